The Labute approximate surface area is 117 Å². The summed E-state index contributed by atoms with van der Waals surface area (Å²) in [5.41, 5.74) is 3.20. The molecular weight excluding hydrogens is 316 g/mol. The Balaban J connectivity index is 2.30. The van der Waals surface area contributed by atoms with Crippen LogP contribution in [0.1, 0.15) is 17.2 Å². The Hall–Kier alpha value is -1.37. The van der Waals surface area contributed by atoms with Crippen molar-refractivity contribution in [1.82, 2.24) is 10.4 Å². The summed E-state index contributed by atoms with van der Waals surface area (Å²) < 4.78 is 28.2. The van der Waals surface area contributed by atoms with Crippen LogP contribution in [-0.4, -0.2) is 4.98 Å². The number of rotatable bonds is 4. The molecule has 0 amide bonds. The minimum absolute atomic E-state index is 0.0648. The maximum Gasteiger partial charge on any atom is 0.130 e. The maximum absolute atomic E-state index is 13.7. The fourth-order valence-corrected chi connectivity index (χ4v) is 2.30. The maximum atomic E-state index is 13.7. The quantitative estimate of drug-likeness (QED) is 0.670. The molecule has 19 heavy (non-hydrogen) atoms. The van der Waals surface area contributed by atoms with Gasteiger partial charge in [-0.25, -0.2) is 8.78 Å². The number of pyridine rings is 1. The number of nitrogens with zero attached hydrogens (tertiary/aromatic N) is 1. The second kappa shape index (κ2) is 6.18. The SMILES string of the molecule is NNC(Cc1cncc(Br)c1)c1c(F)cccc1F. The molecule has 1 aromatic carbocycles. The highest BCUT2D eigenvalue weighted by Gasteiger charge is 2.19. The second-order valence-corrected chi connectivity index (χ2v) is 4.99. The van der Waals surface area contributed by atoms with Gasteiger partial charge in [0.05, 0.1) is 6.04 Å². The smallest absolute Gasteiger partial charge is 0.130 e. The van der Waals surface area contributed by atoms with Crippen LogP contribution in [0.25, 0.3) is 0 Å². The van der Waals surface area contributed by atoms with Crippen LogP contribution in [0.4, 0.5) is 8.78 Å². The van der Waals surface area contributed by atoms with E-state index in [1.165, 1.54) is 18.2 Å². The first kappa shape index (κ1) is 14.0. The van der Waals surface area contributed by atoms with Crippen molar-refractivity contribution in [2.45, 2.75) is 12.5 Å². The normalized spacial score (nSPS) is 12.4. The van der Waals surface area contributed by atoms with E-state index in [0.717, 1.165) is 10.0 Å². The highest BCUT2D eigenvalue weighted by Crippen LogP contribution is 2.24. The van der Waals surface area contributed by atoms with Crippen LogP contribution in [0.15, 0.2) is 41.1 Å². The predicted molar refractivity (Wildman–Crippen MR) is 72.1 cm³/mol. The number of aromatic nitrogens is 1. The summed E-state index contributed by atoms with van der Waals surface area (Å²) in [6.07, 6.45) is 3.60. The van der Waals surface area contributed by atoms with Crippen molar-refractivity contribution in [2.24, 2.45) is 5.84 Å². The molecule has 2 rings (SSSR count). The monoisotopic (exact) mass is 327 g/mol. The average molecular weight is 328 g/mol. The van der Waals surface area contributed by atoms with Gasteiger partial charge in [-0.2, -0.15) is 0 Å². The van der Waals surface area contributed by atoms with E-state index in [1.807, 2.05) is 6.07 Å². The summed E-state index contributed by atoms with van der Waals surface area (Å²) in [4.78, 5) is 4.01. The van der Waals surface area contributed by atoms with Crippen LogP contribution in [-0.2, 0) is 6.42 Å². The van der Waals surface area contributed by atoms with E-state index in [4.69, 9.17) is 5.84 Å². The number of hydrazine groups is 1. The van der Waals surface area contributed by atoms with E-state index in [0.29, 0.717) is 6.42 Å². The fourth-order valence-electron chi connectivity index (χ4n) is 1.89. The molecular formula is C13H12BrF2N3. The van der Waals surface area contributed by atoms with E-state index >= 15 is 0 Å². The molecule has 0 radical (unpaired) electrons. The molecule has 0 aliphatic rings. The van der Waals surface area contributed by atoms with Gasteiger partial charge >= 0.3 is 0 Å². The van der Waals surface area contributed by atoms with Gasteiger partial charge in [0.1, 0.15) is 11.6 Å². The summed E-state index contributed by atoms with van der Waals surface area (Å²) >= 11 is 3.30. The van der Waals surface area contributed by atoms with E-state index in [1.54, 1.807) is 12.4 Å². The van der Waals surface area contributed by atoms with Gasteiger partial charge in [0.25, 0.3) is 0 Å². The Kier molecular flexibility index (Phi) is 4.57. The van der Waals surface area contributed by atoms with Crippen LogP contribution in [0.5, 0.6) is 0 Å². The molecule has 2 aromatic rings. The second-order valence-electron chi connectivity index (χ2n) is 4.07. The van der Waals surface area contributed by atoms with Crippen LogP contribution < -0.4 is 11.3 Å². The summed E-state index contributed by atoms with van der Waals surface area (Å²) in [7, 11) is 0. The third-order valence-corrected chi connectivity index (χ3v) is 3.18. The molecule has 0 spiro atoms. The first-order chi connectivity index (χ1) is 9.11. The zero-order chi connectivity index (χ0) is 13.8. The lowest BCUT2D eigenvalue weighted by Gasteiger charge is -2.17. The van der Waals surface area contributed by atoms with Crippen molar-refractivity contribution in [3.63, 3.8) is 0 Å². The van der Waals surface area contributed by atoms with Crippen LogP contribution >= 0.6 is 15.9 Å². The molecule has 0 saturated carbocycles. The summed E-state index contributed by atoms with van der Waals surface area (Å²) in [6.45, 7) is 0. The van der Waals surface area contributed by atoms with Crippen molar-refractivity contribution in [2.75, 3.05) is 0 Å². The Bertz CT molecular complexity index is 557. The van der Waals surface area contributed by atoms with Gasteiger partial charge in [0, 0.05) is 22.4 Å². The van der Waals surface area contributed by atoms with Gasteiger partial charge in [-0.15, -0.1) is 0 Å². The van der Waals surface area contributed by atoms with Crippen molar-refractivity contribution < 1.29 is 8.78 Å². The lowest BCUT2D eigenvalue weighted by molar-refractivity contribution is 0.472. The van der Waals surface area contributed by atoms with Crippen LogP contribution in [0.2, 0.25) is 0 Å². The lowest BCUT2D eigenvalue weighted by atomic mass is 9.99. The van der Waals surface area contributed by atoms with Gasteiger partial charge in [-0.3, -0.25) is 16.3 Å². The Morgan fingerprint density at radius 2 is 1.95 bits per heavy atom. The average Bonchev–Trinajstić information content (AvgIpc) is 2.37. The molecule has 3 N–H and O–H groups in total. The zero-order valence-corrected chi connectivity index (χ0v) is 11.5. The van der Waals surface area contributed by atoms with Gasteiger partial charge in [0.15, 0.2) is 0 Å². The zero-order valence-electron chi connectivity index (χ0n) is 9.91. The van der Waals surface area contributed by atoms with Crippen molar-refractivity contribution in [3.8, 4) is 0 Å². The lowest BCUT2D eigenvalue weighted by Crippen LogP contribution is -2.31. The third kappa shape index (κ3) is 3.34. The van der Waals surface area contributed by atoms with Crippen LogP contribution in [0, 0.1) is 11.6 Å². The fraction of sp³-hybridized carbons (Fsp3) is 0.154. The van der Waals surface area contributed by atoms with E-state index < -0.39 is 17.7 Å². The Morgan fingerprint density at radius 1 is 1.26 bits per heavy atom. The molecule has 1 heterocycles. The van der Waals surface area contributed by atoms with Gasteiger partial charge in [-0.05, 0) is 46.1 Å². The Morgan fingerprint density at radius 3 is 2.53 bits per heavy atom. The molecule has 0 bridgehead atoms. The summed E-state index contributed by atoms with van der Waals surface area (Å²) in [5, 5.41) is 0. The van der Waals surface area contributed by atoms with E-state index in [2.05, 4.69) is 26.3 Å². The molecule has 1 atom stereocenters. The first-order valence-electron chi connectivity index (χ1n) is 5.61. The molecule has 0 saturated heterocycles. The minimum Gasteiger partial charge on any atom is -0.271 e. The number of benzene rings is 1. The largest absolute Gasteiger partial charge is 0.271 e. The number of nitrogens with two attached hydrogens (primary N) is 1. The first-order valence-corrected chi connectivity index (χ1v) is 6.40. The van der Waals surface area contributed by atoms with Gasteiger partial charge in [0.2, 0.25) is 0 Å². The molecule has 100 valence electrons. The van der Waals surface area contributed by atoms with E-state index in [-0.39, 0.29) is 5.56 Å². The van der Waals surface area contributed by atoms with Crippen molar-refractivity contribution >= 4 is 15.9 Å². The van der Waals surface area contributed by atoms with E-state index in [9.17, 15) is 8.78 Å². The summed E-state index contributed by atoms with van der Waals surface area (Å²) in [5.74, 6) is 4.17. The number of halogens is 3. The van der Waals surface area contributed by atoms with Crippen molar-refractivity contribution in [1.29, 1.82) is 0 Å². The topological polar surface area (TPSA) is 50.9 Å². The molecule has 0 fully saturated rings. The van der Waals surface area contributed by atoms with Crippen molar-refractivity contribution in [3.05, 3.63) is 63.9 Å². The summed E-state index contributed by atoms with van der Waals surface area (Å²) in [6, 6.07) is 4.92. The molecule has 3 nitrogen and oxygen atoms in total. The highest BCUT2D eigenvalue weighted by atomic mass is 79.9. The number of hydrogen-bond acceptors (Lipinski definition) is 3. The van der Waals surface area contributed by atoms with Gasteiger partial charge < -0.3 is 0 Å². The molecule has 0 aliphatic carbocycles. The predicted octanol–water partition coefficient (Wildman–Crippen LogP) is 2.87. The third-order valence-electron chi connectivity index (χ3n) is 2.75. The number of nitrogens with one attached hydrogen (secondary N) is 1. The molecule has 1 aromatic heterocycles. The molecule has 6 heteroatoms. The molecule has 0 aliphatic heterocycles. The standard InChI is InChI=1S/C13H12BrF2N3/c14-9-4-8(6-18-7-9)5-12(19-17)13-10(15)2-1-3-11(13)16/h1-4,6-7,12,19H,5,17H2. The van der Waals surface area contributed by atoms with Gasteiger partial charge in [-0.1, -0.05) is 6.07 Å². The highest BCUT2D eigenvalue weighted by molar-refractivity contribution is 9.10. The molecule has 1 unspecified atom stereocenters. The van der Waals surface area contributed by atoms with Crippen LogP contribution in [0.3, 0.4) is 0 Å². The minimum atomic E-state index is -0.655. The number of hydrogen-bond donors (Lipinski definition) is 2.